The van der Waals surface area contributed by atoms with Crippen LogP contribution in [0.4, 0.5) is 5.69 Å². The molecular weight excluding hydrogens is 252 g/mol. The molecule has 1 aliphatic carbocycles. The molecule has 4 heteroatoms. The lowest BCUT2D eigenvalue weighted by atomic mass is 9.95. The van der Waals surface area contributed by atoms with Crippen molar-refractivity contribution in [3.05, 3.63) is 54.4 Å². The number of pyridine rings is 1. The van der Waals surface area contributed by atoms with E-state index in [0.717, 1.165) is 18.4 Å². The lowest BCUT2D eigenvalue weighted by Gasteiger charge is -2.16. The molecule has 102 valence electrons. The van der Waals surface area contributed by atoms with Gasteiger partial charge in [0.15, 0.2) is 0 Å². The predicted molar refractivity (Wildman–Crippen MR) is 76.8 cm³/mol. The zero-order valence-electron chi connectivity index (χ0n) is 11.3. The maximum Gasteiger partial charge on any atom is 0.235 e. The van der Waals surface area contributed by atoms with Crippen LogP contribution in [0.2, 0.25) is 0 Å². The minimum Gasteiger partial charge on any atom is -0.494 e. The van der Waals surface area contributed by atoms with Gasteiger partial charge in [0.05, 0.1) is 18.7 Å². The summed E-state index contributed by atoms with van der Waals surface area (Å²) in [5.41, 5.74) is 1.30. The van der Waals surface area contributed by atoms with Crippen LogP contribution in [-0.2, 0) is 10.2 Å². The smallest absolute Gasteiger partial charge is 0.235 e. The number of rotatable bonds is 4. The third kappa shape index (κ3) is 2.13. The number of aromatic nitrogens is 1. The molecule has 0 aliphatic heterocycles. The second-order valence-electron chi connectivity index (χ2n) is 4.98. The molecule has 1 saturated carbocycles. The molecule has 0 saturated heterocycles. The molecule has 1 fully saturated rings. The summed E-state index contributed by atoms with van der Waals surface area (Å²) < 4.78 is 5.23. The number of anilines is 1. The fraction of sp³-hybridized carbons (Fsp3) is 0.250. The van der Waals surface area contributed by atoms with Gasteiger partial charge in [-0.05, 0) is 18.4 Å². The van der Waals surface area contributed by atoms with Crippen LogP contribution < -0.4 is 10.1 Å². The zero-order chi connectivity index (χ0) is 14.0. The van der Waals surface area contributed by atoms with Crippen molar-refractivity contribution in [2.24, 2.45) is 0 Å². The Balaban J connectivity index is 1.84. The van der Waals surface area contributed by atoms with Gasteiger partial charge in [-0.25, -0.2) is 0 Å². The number of benzene rings is 1. The fourth-order valence-electron chi connectivity index (χ4n) is 2.42. The first-order chi connectivity index (χ1) is 9.76. The topological polar surface area (TPSA) is 51.2 Å². The average Bonchev–Trinajstić information content (AvgIpc) is 3.30. The fourth-order valence-corrected chi connectivity index (χ4v) is 2.42. The molecule has 1 heterocycles. The van der Waals surface area contributed by atoms with Crippen LogP contribution in [-0.4, -0.2) is 18.0 Å². The average molecular weight is 268 g/mol. The van der Waals surface area contributed by atoms with Gasteiger partial charge < -0.3 is 10.1 Å². The molecule has 1 aromatic carbocycles. The molecule has 0 bridgehead atoms. The van der Waals surface area contributed by atoms with Crippen molar-refractivity contribution in [1.82, 2.24) is 4.98 Å². The summed E-state index contributed by atoms with van der Waals surface area (Å²) >= 11 is 0. The first-order valence-corrected chi connectivity index (χ1v) is 6.61. The van der Waals surface area contributed by atoms with Gasteiger partial charge in [0.25, 0.3) is 0 Å². The number of ether oxygens (including phenoxy) is 1. The van der Waals surface area contributed by atoms with Gasteiger partial charge in [-0.2, -0.15) is 0 Å². The summed E-state index contributed by atoms with van der Waals surface area (Å²) in [5, 5.41) is 2.94. The molecule has 0 radical (unpaired) electrons. The Kier molecular flexibility index (Phi) is 3.14. The number of nitrogens with one attached hydrogen (secondary N) is 1. The van der Waals surface area contributed by atoms with E-state index < -0.39 is 0 Å². The van der Waals surface area contributed by atoms with Crippen LogP contribution in [0.5, 0.6) is 5.75 Å². The maximum atomic E-state index is 12.6. The standard InChI is InChI=1S/C16H16N2O2/c1-20-14-7-10-17-11-13(14)18-15(19)16(8-9-16)12-5-3-2-4-6-12/h2-7,10-11H,8-9H2,1H3,(H,18,19). The molecule has 1 aliphatic rings. The Morgan fingerprint density at radius 2 is 2.00 bits per heavy atom. The maximum absolute atomic E-state index is 12.6. The van der Waals surface area contributed by atoms with Gasteiger partial charge in [-0.15, -0.1) is 0 Å². The Morgan fingerprint density at radius 3 is 2.65 bits per heavy atom. The SMILES string of the molecule is COc1ccncc1NC(=O)C1(c2ccccc2)CC1. The van der Waals surface area contributed by atoms with Crippen molar-refractivity contribution in [3.63, 3.8) is 0 Å². The van der Waals surface area contributed by atoms with Crippen LogP contribution in [0.1, 0.15) is 18.4 Å². The van der Waals surface area contributed by atoms with E-state index >= 15 is 0 Å². The second kappa shape index (κ2) is 4.96. The van der Waals surface area contributed by atoms with Gasteiger partial charge in [0, 0.05) is 12.3 Å². The van der Waals surface area contributed by atoms with E-state index in [1.807, 2.05) is 30.3 Å². The first kappa shape index (κ1) is 12.7. The molecule has 0 atom stereocenters. The van der Waals surface area contributed by atoms with Crippen molar-refractivity contribution >= 4 is 11.6 Å². The molecule has 0 spiro atoms. The number of methoxy groups -OCH3 is 1. The zero-order valence-corrected chi connectivity index (χ0v) is 11.3. The molecular formula is C16H16N2O2. The molecule has 4 nitrogen and oxygen atoms in total. The summed E-state index contributed by atoms with van der Waals surface area (Å²) in [6.07, 6.45) is 5.01. The number of carbonyl (C=O) groups excluding carboxylic acids is 1. The Hall–Kier alpha value is -2.36. The molecule has 1 aromatic heterocycles. The summed E-state index contributed by atoms with van der Waals surface area (Å²) in [5.74, 6) is 0.632. The number of hydrogen-bond donors (Lipinski definition) is 1. The van der Waals surface area contributed by atoms with Gasteiger partial charge in [0.1, 0.15) is 11.4 Å². The Bertz CT molecular complexity index is 621. The number of amides is 1. The van der Waals surface area contributed by atoms with Gasteiger partial charge in [0.2, 0.25) is 5.91 Å². The van der Waals surface area contributed by atoms with Crippen molar-refractivity contribution in [2.45, 2.75) is 18.3 Å². The molecule has 2 aromatic rings. The van der Waals surface area contributed by atoms with Crippen molar-refractivity contribution in [1.29, 1.82) is 0 Å². The predicted octanol–water partition coefficient (Wildman–Crippen LogP) is 2.76. The second-order valence-corrected chi connectivity index (χ2v) is 4.98. The first-order valence-electron chi connectivity index (χ1n) is 6.61. The van der Waals surface area contributed by atoms with Gasteiger partial charge >= 0.3 is 0 Å². The van der Waals surface area contributed by atoms with Crippen molar-refractivity contribution in [3.8, 4) is 5.75 Å². The number of hydrogen-bond acceptors (Lipinski definition) is 3. The largest absolute Gasteiger partial charge is 0.494 e. The summed E-state index contributed by atoms with van der Waals surface area (Å²) in [7, 11) is 1.58. The quantitative estimate of drug-likeness (QED) is 0.927. The molecule has 20 heavy (non-hydrogen) atoms. The van der Waals surface area contributed by atoms with Crippen LogP contribution in [0.3, 0.4) is 0 Å². The summed E-state index contributed by atoms with van der Waals surface area (Å²) in [4.78, 5) is 16.6. The van der Waals surface area contributed by atoms with Crippen LogP contribution in [0, 0.1) is 0 Å². The van der Waals surface area contributed by atoms with Gasteiger partial charge in [-0.3, -0.25) is 9.78 Å². The molecule has 0 unspecified atom stereocenters. The van der Waals surface area contributed by atoms with E-state index in [-0.39, 0.29) is 11.3 Å². The third-order valence-corrected chi connectivity index (χ3v) is 3.76. The Morgan fingerprint density at radius 1 is 1.25 bits per heavy atom. The van der Waals surface area contributed by atoms with Crippen LogP contribution >= 0.6 is 0 Å². The van der Waals surface area contributed by atoms with E-state index in [9.17, 15) is 4.79 Å². The lowest BCUT2D eigenvalue weighted by molar-refractivity contribution is -0.118. The number of nitrogens with zero attached hydrogens (tertiary/aromatic N) is 1. The number of carbonyl (C=O) groups is 1. The normalized spacial score (nSPS) is 15.4. The highest BCUT2D eigenvalue weighted by atomic mass is 16.5. The molecule has 1 amide bonds. The summed E-state index contributed by atoms with van der Waals surface area (Å²) in [6.45, 7) is 0. The van der Waals surface area contributed by atoms with E-state index in [0.29, 0.717) is 11.4 Å². The third-order valence-electron chi connectivity index (χ3n) is 3.76. The monoisotopic (exact) mass is 268 g/mol. The highest BCUT2D eigenvalue weighted by Gasteiger charge is 2.51. The lowest BCUT2D eigenvalue weighted by Crippen LogP contribution is -2.28. The van der Waals surface area contributed by atoms with E-state index in [1.165, 1.54) is 0 Å². The van der Waals surface area contributed by atoms with Crippen LogP contribution in [0.25, 0.3) is 0 Å². The minimum absolute atomic E-state index is 0.00926. The van der Waals surface area contributed by atoms with E-state index in [2.05, 4.69) is 10.3 Å². The summed E-state index contributed by atoms with van der Waals surface area (Å²) in [6, 6.07) is 11.6. The molecule has 1 N–H and O–H groups in total. The van der Waals surface area contributed by atoms with E-state index in [1.54, 1.807) is 25.6 Å². The highest BCUT2D eigenvalue weighted by Crippen LogP contribution is 2.49. The van der Waals surface area contributed by atoms with Crippen molar-refractivity contribution in [2.75, 3.05) is 12.4 Å². The Labute approximate surface area is 117 Å². The minimum atomic E-state index is -0.387. The van der Waals surface area contributed by atoms with Crippen molar-refractivity contribution < 1.29 is 9.53 Å². The van der Waals surface area contributed by atoms with E-state index in [4.69, 9.17) is 4.74 Å². The molecule has 3 rings (SSSR count). The highest BCUT2D eigenvalue weighted by molar-refractivity contribution is 6.02. The van der Waals surface area contributed by atoms with Gasteiger partial charge in [-0.1, -0.05) is 30.3 Å². The van der Waals surface area contributed by atoms with Crippen LogP contribution in [0.15, 0.2) is 48.8 Å².